The van der Waals surface area contributed by atoms with E-state index in [0.717, 1.165) is 6.07 Å². The van der Waals surface area contributed by atoms with Gasteiger partial charge in [-0.1, -0.05) is 18.5 Å². The van der Waals surface area contributed by atoms with E-state index in [1.807, 2.05) is 6.92 Å². The maximum atomic E-state index is 13.9. The van der Waals surface area contributed by atoms with E-state index in [1.165, 1.54) is 60.7 Å². The van der Waals surface area contributed by atoms with E-state index < -0.39 is 47.1 Å². The number of ketones is 1. The van der Waals surface area contributed by atoms with Gasteiger partial charge >= 0.3 is 12.1 Å². The Morgan fingerprint density at radius 1 is 0.923 bits per heavy atom. The number of carbonyl (C=O) groups is 2. The van der Waals surface area contributed by atoms with Crippen LogP contribution < -0.4 is 14.9 Å². The van der Waals surface area contributed by atoms with E-state index in [0.29, 0.717) is 17.0 Å². The van der Waals surface area contributed by atoms with Gasteiger partial charge in [-0.25, -0.2) is 4.79 Å². The second kappa shape index (κ2) is 11.6. The van der Waals surface area contributed by atoms with E-state index in [2.05, 4.69) is 0 Å². The van der Waals surface area contributed by atoms with Gasteiger partial charge in [0.05, 0.1) is 17.6 Å². The van der Waals surface area contributed by atoms with E-state index in [-0.39, 0.29) is 29.1 Å². The summed E-state index contributed by atoms with van der Waals surface area (Å²) < 4.78 is 62.3. The first-order chi connectivity index (χ1) is 18.6. The van der Waals surface area contributed by atoms with E-state index in [1.54, 1.807) is 0 Å². The lowest BCUT2D eigenvalue weighted by Gasteiger charge is -2.14. The first-order valence-corrected chi connectivity index (χ1v) is 12.0. The maximum absolute atomic E-state index is 13.9. The molecule has 0 atom stereocenters. The Bertz CT molecular complexity index is 1560. The summed E-state index contributed by atoms with van der Waals surface area (Å²) in [5, 5.41) is 0.249. The Labute approximate surface area is 224 Å². The van der Waals surface area contributed by atoms with Crippen LogP contribution in [0.4, 0.5) is 13.2 Å². The van der Waals surface area contributed by atoms with Crippen LogP contribution in [0.2, 0.25) is 5.02 Å². The molecule has 1 aromatic heterocycles. The number of hydrogen-bond donors (Lipinski definition) is 0. The molecule has 4 aromatic rings. The highest BCUT2D eigenvalue weighted by atomic mass is 35.5. The van der Waals surface area contributed by atoms with Gasteiger partial charge in [0.15, 0.2) is 12.4 Å². The number of halogens is 4. The van der Waals surface area contributed by atoms with E-state index in [4.69, 9.17) is 30.2 Å². The molecule has 3 aromatic carbocycles. The van der Waals surface area contributed by atoms with E-state index >= 15 is 0 Å². The lowest BCUT2D eigenvalue weighted by molar-refractivity contribution is -0.154. The molecule has 0 radical (unpaired) electrons. The molecular formula is C28H20ClF3O7. The molecule has 0 fully saturated rings. The lowest BCUT2D eigenvalue weighted by atomic mass is 10.1. The summed E-state index contributed by atoms with van der Waals surface area (Å²) in [6.45, 7) is 1.64. The summed E-state index contributed by atoms with van der Waals surface area (Å²) >= 11 is 5.81. The monoisotopic (exact) mass is 560 g/mol. The van der Waals surface area contributed by atoms with Gasteiger partial charge in [0.2, 0.25) is 11.2 Å². The second-order valence-corrected chi connectivity index (χ2v) is 8.66. The van der Waals surface area contributed by atoms with Crippen molar-refractivity contribution in [1.82, 2.24) is 0 Å². The summed E-state index contributed by atoms with van der Waals surface area (Å²) in [7, 11) is 0. The number of Topliss-reactive ketones (excluding diaryl/α,β-unsaturated/α-hetero) is 1. The largest absolute Gasteiger partial charge is 0.485 e. The number of rotatable bonds is 9. The molecule has 0 spiro atoms. The van der Waals surface area contributed by atoms with Crippen LogP contribution in [0, 0.1) is 0 Å². The van der Waals surface area contributed by atoms with Crippen LogP contribution >= 0.6 is 11.6 Å². The highest BCUT2D eigenvalue weighted by Crippen LogP contribution is 2.38. The Kier molecular flexibility index (Phi) is 8.25. The third-order valence-corrected chi connectivity index (χ3v) is 5.61. The summed E-state index contributed by atoms with van der Waals surface area (Å²) in [6.07, 6.45) is -4.45. The topological polar surface area (TPSA) is 92.0 Å². The molecule has 39 heavy (non-hydrogen) atoms. The number of benzene rings is 3. The van der Waals surface area contributed by atoms with Crippen LogP contribution in [-0.4, -0.2) is 25.0 Å². The number of fused-ring (bicyclic) bond motifs is 1. The van der Waals surface area contributed by atoms with Crippen LogP contribution in [0.3, 0.4) is 0 Å². The minimum atomic E-state index is -5.08. The third kappa shape index (κ3) is 6.58. The molecule has 0 aliphatic rings. The zero-order valence-corrected chi connectivity index (χ0v) is 21.1. The molecule has 0 saturated heterocycles. The minimum Gasteiger partial charge on any atom is -0.485 e. The summed E-state index contributed by atoms with van der Waals surface area (Å²) in [5.41, 5.74) is -0.984. The summed E-state index contributed by atoms with van der Waals surface area (Å²) in [4.78, 5) is 37.3. The van der Waals surface area contributed by atoms with Gasteiger partial charge in [0.25, 0.3) is 5.76 Å². The highest BCUT2D eigenvalue weighted by Gasteiger charge is 2.40. The molecule has 0 aliphatic heterocycles. The average molecular weight is 561 g/mol. The normalized spacial score (nSPS) is 11.3. The number of carbonyl (C=O) groups excluding carboxylic acids is 2. The zero-order valence-electron chi connectivity index (χ0n) is 20.3. The Morgan fingerprint density at radius 2 is 1.56 bits per heavy atom. The number of alkyl halides is 3. The molecule has 0 aliphatic carbocycles. The first-order valence-electron chi connectivity index (χ1n) is 11.6. The molecule has 0 unspecified atom stereocenters. The van der Waals surface area contributed by atoms with E-state index in [9.17, 15) is 27.6 Å². The smallest absolute Gasteiger partial charge is 0.453 e. The number of ether oxygens (including phenoxy) is 3. The Morgan fingerprint density at radius 3 is 2.21 bits per heavy atom. The fourth-order valence-electron chi connectivity index (χ4n) is 3.45. The zero-order chi connectivity index (χ0) is 28.2. The minimum absolute atomic E-state index is 0.0142. The van der Waals surface area contributed by atoms with Crippen molar-refractivity contribution in [2.45, 2.75) is 19.5 Å². The number of esters is 1. The lowest BCUT2D eigenvalue weighted by Crippen LogP contribution is -2.16. The van der Waals surface area contributed by atoms with Gasteiger partial charge in [0, 0.05) is 16.7 Å². The molecule has 202 valence electrons. The van der Waals surface area contributed by atoms with Crippen molar-refractivity contribution in [2.24, 2.45) is 0 Å². The van der Waals surface area contributed by atoms with Crippen molar-refractivity contribution in [3.63, 3.8) is 0 Å². The second-order valence-electron chi connectivity index (χ2n) is 8.23. The van der Waals surface area contributed by atoms with Gasteiger partial charge in [0.1, 0.15) is 17.1 Å². The SMILES string of the molecule is CCCOC(=O)c1ccc(Oc2c(C(F)(F)F)oc3cc(OCC(=O)c4ccc(Cl)cc4)ccc3c2=O)cc1. The number of hydrogen-bond acceptors (Lipinski definition) is 7. The van der Waals surface area contributed by atoms with Crippen LogP contribution in [0.1, 0.15) is 39.8 Å². The predicted octanol–water partition coefficient (Wildman–Crippen LogP) is 7.09. The van der Waals surface area contributed by atoms with Crippen molar-refractivity contribution in [1.29, 1.82) is 0 Å². The van der Waals surface area contributed by atoms with Crippen molar-refractivity contribution >= 4 is 34.3 Å². The molecule has 0 N–H and O–H groups in total. The van der Waals surface area contributed by atoms with Gasteiger partial charge in [-0.2, -0.15) is 13.2 Å². The molecular weight excluding hydrogens is 541 g/mol. The molecule has 0 amide bonds. The van der Waals surface area contributed by atoms with Crippen molar-refractivity contribution in [2.75, 3.05) is 13.2 Å². The average Bonchev–Trinajstić information content (AvgIpc) is 2.91. The Hall–Kier alpha value is -4.31. The van der Waals surface area contributed by atoms with Crippen LogP contribution in [0.5, 0.6) is 17.2 Å². The van der Waals surface area contributed by atoms with Crippen molar-refractivity contribution < 1.29 is 41.4 Å². The first kappa shape index (κ1) is 27.7. The third-order valence-electron chi connectivity index (χ3n) is 5.36. The van der Waals surface area contributed by atoms with Crippen LogP contribution in [0.15, 0.2) is 75.9 Å². The van der Waals surface area contributed by atoms with Gasteiger partial charge in [-0.3, -0.25) is 9.59 Å². The van der Waals surface area contributed by atoms with Gasteiger partial charge in [-0.05, 0) is 67.1 Å². The molecule has 11 heteroatoms. The molecule has 0 bridgehead atoms. The summed E-state index contributed by atoms with van der Waals surface area (Å²) in [6, 6.07) is 14.8. The fourth-order valence-corrected chi connectivity index (χ4v) is 3.57. The summed E-state index contributed by atoms with van der Waals surface area (Å²) in [5.74, 6) is -3.82. The standard InChI is InChI=1S/C28H20ClF3O7/c1-2-13-36-27(35)17-5-9-19(10-6-17)38-25-24(34)21-12-11-20(14-23(21)39-26(25)28(30,31)32)37-15-22(33)16-3-7-18(29)8-4-16/h3-12,14H,2,13,15H2,1H3. The molecule has 4 rings (SSSR count). The molecule has 7 nitrogen and oxygen atoms in total. The van der Waals surface area contributed by atoms with Crippen molar-refractivity contribution in [3.8, 4) is 17.2 Å². The quantitative estimate of drug-likeness (QED) is 0.159. The van der Waals surface area contributed by atoms with Gasteiger partial charge < -0.3 is 18.6 Å². The van der Waals surface area contributed by atoms with Crippen LogP contribution in [-0.2, 0) is 10.9 Å². The Balaban J connectivity index is 1.60. The predicted molar refractivity (Wildman–Crippen MR) is 136 cm³/mol. The van der Waals surface area contributed by atoms with Crippen molar-refractivity contribution in [3.05, 3.63) is 98.9 Å². The maximum Gasteiger partial charge on any atom is 0.453 e. The molecule has 0 saturated carbocycles. The fraction of sp³-hybridized carbons (Fsp3) is 0.179. The molecule has 1 heterocycles. The van der Waals surface area contributed by atoms with Crippen LogP contribution in [0.25, 0.3) is 11.0 Å². The highest BCUT2D eigenvalue weighted by molar-refractivity contribution is 6.30. The van der Waals surface area contributed by atoms with Gasteiger partial charge in [-0.15, -0.1) is 0 Å².